The van der Waals surface area contributed by atoms with Gasteiger partial charge in [0.15, 0.2) is 11.6 Å². The van der Waals surface area contributed by atoms with Crippen molar-refractivity contribution in [2.24, 2.45) is 0 Å². The molecule has 0 fully saturated rings. The smallest absolute Gasteiger partial charge is 0.210 e. The Balaban J connectivity index is 1.65. The molecule has 3 rings (SSSR count). The van der Waals surface area contributed by atoms with Crippen molar-refractivity contribution in [2.75, 3.05) is 25.8 Å². The second-order valence-corrected chi connectivity index (χ2v) is 7.51. The van der Waals surface area contributed by atoms with Crippen LogP contribution in [-0.4, -0.2) is 40.6 Å². The number of benzene rings is 2. The number of ketones is 1. The Hall–Kier alpha value is -3.00. The molecule has 0 aliphatic rings. The van der Waals surface area contributed by atoms with Gasteiger partial charge in [-0.3, -0.25) is 4.79 Å². The fourth-order valence-corrected chi connectivity index (χ4v) is 3.71. The van der Waals surface area contributed by atoms with E-state index in [-0.39, 0.29) is 17.5 Å². The molecule has 0 spiro atoms. The lowest BCUT2D eigenvalue weighted by molar-refractivity contribution is 0.101. The van der Waals surface area contributed by atoms with Gasteiger partial charge < -0.3 is 15.3 Å². The number of rotatable bonds is 9. The molecule has 0 aliphatic carbocycles. The third-order valence-electron chi connectivity index (χ3n) is 4.63. The number of carbonyl (C=O) groups excluding carboxylic acids is 1. The number of nitrogens with two attached hydrogens (primary N) is 1. The normalized spacial score (nSPS) is 11.8. The molecule has 8 heteroatoms. The van der Waals surface area contributed by atoms with Crippen molar-refractivity contribution in [3.8, 4) is 11.5 Å². The third kappa shape index (κ3) is 4.89. The number of thioether (sulfide) groups is 1. The Morgan fingerprint density at radius 2 is 1.90 bits per heavy atom. The number of nitrogen functional groups attached to an aromatic ring is 1. The minimum Gasteiger partial charge on any atom is -0.497 e. The molecule has 0 amide bonds. The maximum Gasteiger partial charge on any atom is 0.210 e. The second kappa shape index (κ2) is 9.47. The van der Waals surface area contributed by atoms with Crippen molar-refractivity contribution in [2.45, 2.75) is 24.4 Å². The zero-order chi connectivity index (χ0) is 20.8. The Kier molecular flexibility index (Phi) is 6.77. The molecular weight excluding hydrogens is 388 g/mol. The Bertz CT molecular complexity index is 975. The number of hydrogen-bond acceptors (Lipinski definition) is 7. The predicted molar refractivity (Wildman–Crippen MR) is 113 cm³/mol. The minimum atomic E-state index is -0.0864. The van der Waals surface area contributed by atoms with Crippen molar-refractivity contribution < 1.29 is 14.3 Å². The number of methoxy groups -OCH3 is 2. The van der Waals surface area contributed by atoms with Gasteiger partial charge in [0, 0.05) is 12.5 Å². The number of nitrogens with zero attached hydrogens (tertiary/aromatic N) is 3. The largest absolute Gasteiger partial charge is 0.497 e. The summed E-state index contributed by atoms with van der Waals surface area (Å²) in [5, 5.41) is 8.85. The molecule has 1 aromatic heterocycles. The lowest BCUT2D eigenvalue weighted by atomic mass is 9.98. The lowest BCUT2D eigenvalue weighted by Gasteiger charge is -2.11. The van der Waals surface area contributed by atoms with Crippen LogP contribution in [0.3, 0.4) is 0 Å². The molecule has 3 aromatic rings. The van der Waals surface area contributed by atoms with Gasteiger partial charge in [-0.25, -0.2) is 4.68 Å². The van der Waals surface area contributed by atoms with E-state index in [1.165, 1.54) is 29.1 Å². The molecular formula is C21H24N4O3S. The summed E-state index contributed by atoms with van der Waals surface area (Å²) in [6.07, 6.45) is 0.661. The van der Waals surface area contributed by atoms with E-state index in [0.717, 1.165) is 0 Å². The summed E-state index contributed by atoms with van der Waals surface area (Å²) < 4.78 is 11.9. The van der Waals surface area contributed by atoms with Crippen LogP contribution < -0.4 is 15.3 Å². The van der Waals surface area contributed by atoms with Gasteiger partial charge in [0.25, 0.3) is 0 Å². The quantitative estimate of drug-likeness (QED) is 0.327. The van der Waals surface area contributed by atoms with Gasteiger partial charge in [-0.1, -0.05) is 49.0 Å². The molecule has 2 N–H and O–H groups in total. The zero-order valence-corrected chi connectivity index (χ0v) is 17.5. The summed E-state index contributed by atoms with van der Waals surface area (Å²) in [5.74, 6) is 8.29. The van der Waals surface area contributed by atoms with E-state index in [0.29, 0.717) is 34.5 Å². The monoisotopic (exact) mass is 412 g/mol. The van der Waals surface area contributed by atoms with E-state index in [9.17, 15) is 4.79 Å². The average molecular weight is 413 g/mol. The van der Waals surface area contributed by atoms with Gasteiger partial charge in [0.05, 0.1) is 25.5 Å². The first-order chi connectivity index (χ1) is 14.0. The molecule has 0 bridgehead atoms. The molecule has 0 radical (unpaired) electrons. The van der Waals surface area contributed by atoms with E-state index in [4.69, 9.17) is 15.3 Å². The second-order valence-electron chi connectivity index (χ2n) is 6.56. The highest BCUT2D eigenvalue weighted by Gasteiger charge is 2.18. The van der Waals surface area contributed by atoms with Crippen LogP contribution in [0.25, 0.3) is 0 Å². The van der Waals surface area contributed by atoms with Crippen LogP contribution in [0.4, 0.5) is 0 Å². The molecule has 0 saturated heterocycles. The fraction of sp³-hybridized carbons (Fsp3) is 0.286. The van der Waals surface area contributed by atoms with Crippen LogP contribution in [-0.2, 0) is 6.42 Å². The summed E-state index contributed by atoms with van der Waals surface area (Å²) in [6.45, 7) is 2.12. The summed E-state index contributed by atoms with van der Waals surface area (Å²) in [6, 6.07) is 15.3. The maximum absolute atomic E-state index is 12.6. The van der Waals surface area contributed by atoms with Crippen LogP contribution in [0.5, 0.6) is 11.5 Å². The number of ether oxygens (including phenoxy) is 2. The highest BCUT2D eigenvalue weighted by molar-refractivity contribution is 7.99. The summed E-state index contributed by atoms with van der Waals surface area (Å²) in [4.78, 5) is 12.6. The molecule has 1 heterocycles. The topological polar surface area (TPSA) is 92.3 Å². The highest BCUT2D eigenvalue weighted by atomic mass is 32.2. The number of hydrogen-bond donors (Lipinski definition) is 1. The van der Waals surface area contributed by atoms with Crippen LogP contribution in [0, 0.1) is 0 Å². The Morgan fingerprint density at radius 3 is 2.59 bits per heavy atom. The summed E-state index contributed by atoms with van der Waals surface area (Å²) >= 11 is 1.25. The standard InChI is InChI=1S/C21H24N4O3S/c1-14(15-7-5-4-6-8-15)11-20-23-24-21(25(20)22)29-13-18(26)17-10-9-16(27-2)12-19(17)28-3/h4-10,12,14H,11,13,22H2,1-3H3/t14-/m1/s1. The number of carbonyl (C=O) groups is 1. The Morgan fingerprint density at radius 1 is 1.14 bits per heavy atom. The van der Waals surface area contributed by atoms with Crippen LogP contribution in [0.1, 0.15) is 34.6 Å². The van der Waals surface area contributed by atoms with Gasteiger partial charge in [-0.2, -0.15) is 0 Å². The first-order valence-corrected chi connectivity index (χ1v) is 10.1. The SMILES string of the molecule is COc1ccc(C(=O)CSc2nnc(C[C@@H](C)c3ccccc3)n2N)c(OC)c1. The van der Waals surface area contributed by atoms with E-state index < -0.39 is 0 Å². The molecule has 0 aliphatic heterocycles. The maximum atomic E-state index is 12.6. The van der Waals surface area contributed by atoms with Crippen LogP contribution in [0.2, 0.25) is 0 Å². The molecule has 2 aromatic carbocycles. The van der Waals surface area contributed by atoms with E-state index in [1.807, 2.05) is 18.2 Å². The number of aromatic nitrogens is 3. The van der Waals surface area contributed by atoms with Gasteiger partial charge in [-0.15, -0.1) is 10.2 Å². The molecule has 1 atom stereocenters. The Labute approximate surface area is 174 Å². The lowest BCUT2D eigenvalue weighted by Crippen LogP contribution is -2.16. The van der Waals surface area contributed by atoms with Crippen molar-refractivity contribution in [3.05, 3.63) is 65.5 Å². The molecule has 0 saturated carbocycles. The minimum absolute atomic E-state index is 0.0864. The predicted octanol–water partition coefficient (Wildman–Crippen LogP) is 3.33. The molecule has 152 valence electrons. The zero-order valence-electron chi connectivity index (χ0n) is 16.7. The number of Topliss-reactive ketones (excluding diaryl/α,β-unsaturated/α-hetero) is 1. The first-order valence-electron chi connectivity index (χ1n) is 9.15. The van der Waals surface area contributed by atoms with Gasteiger partial charge in [0.1, 0.15) is 11.5 Å². The molecule has 0 unspecified atom stereocenters. The summed E-state index contributed by atoms with van der Waals surface area (Å²) in [5.41, 5.74) is 1.70. The molecule has 7 nitrogen and oxygen atoms in total. The van der Waals surface area contributed by atoms with Crippen LogP contribution >= 0.6 is 11.8 Å². The summed E-state index contributed by atoms with van der Waals surface area (Å²) in [7, 11) is 3.09. The van der Waals surface area contributed by atoms with Crippen molar-refractivity contribution in [1.29, 1.82) is 0 Å². The van der Waals surface area contributed by atoms with Crippen LogP contribution in [0.15, 0.2) is 53.7 Å². The first kappa shape index (κ1) is 20.7. The van der Waals surface area contributed by atoms with Gasteiger partial charge in [0.2, 0.25) is 5.16 Å². The van der Waals surface area contributed by atoms with E-state index in [1.54, 1.807) is 25.3 Å². The van der Waals surface area contributed by atoms with E-state index in [2.05, 4.69) is 29.3 Å². The van der Waals surface area contributed by atoms with Crippen molar-refractivity contribution in [1.82, 2.24) is 14.9 Å². The van der Waals surface area contributed by atoms with Crippen molar-refractivity contribution >= 4 is 17.5 Å². The average Bonchev–Trinajstić information content (AvgIpc) is 3.11. The third-order valence-corrected chi connectivity index (χ3v) is 5.58. The van der Waals surface area contributed by atoms with E-state index >= 15 is 0 Å². The van der Waals surface area contributed by atoms with Gasteiger partial charge >= 0.3 is 0 Å². The van der Waals surface area contributed by atoms with Gasteiger partial charge in [-0.05, 0) is 23.6 Å². The molecule has 29 heavy (non-hydrogen) atoms. The van der Waals surface area contributed by atoms with Crippen molar-refractivity contribution in [3.63, 3.8) is 0 Å². The fourth-order valence-electron chi connectivity index (χ4n) is 2.95. The highest BCUT2D eigenvalue weighted by Crippen LogP contribution is 2.27.